The number of fused-ring (bicyclic) bond motifs is 2. The first-order chi connectivity index (χ1) is 17.7. The molecule has 9 heteroatoms. The zero-order valence-electron chi connectivity index (χ0n) is 21.7. The molecule has 0 bridgehead atoms. The van der Waals surface area contributed by atoms with E-state index in [-0.39, 0.29) is 24.2 Å². The summed E-state index contributed by atoms with van der Waals surface area (Å²) in [5.74, 6) is 0.381. The third-order valence-electron chi connectivity index (χ3n) is 7.01. The lowest BCUT2D eigenvalue weighted by molar-refractivity contribution is -0.126. The summed E-state index contributed by atoms with van der Waals surface area (Å²) >= 11 is 0. The minimum Gasteiger partial charge on any atom is -0.443 e. The Morgan fingerprint density at radius 1 is 1.05 bits per heavy atom. The van der Waals surface area contributed by atoms with Gasteiger partial charge < -0.3 is 19.3 Å². The van der Waals surface area contributed by atoms with Crippen LogP contribution in [-0.2, 0) is 25.6 Å². The zero-order valence-corrected chi connectivity index (χ0v) is 21.7. The number of ether oxygens (including phenoxy) is 2. The molecule has 2 fully saturated rings. The molecule has 0 radical (unpaired) electrons. The van der Waals surface area contributed by atoms with Gasteiger partial charge >= 0.3 is 6.09 Å². The maximum atomic E-state index is 14.0. The van der Waals surface area contributed by atoms with Gasteiger partial charge in [0.15, 0.2) is 0 Å². The minimum atomic E-state index is -0.712. The predicted octanol–water partition coefficient (Wildman–Crippen LogP) is 4.60. The Balaban J connectivity index is 1.63. The van der Waals surface area contributed by atoms with Crippen LogP contribution >= 0.6 is 0 Å². The lowest BCUT2D eigenvalue weighted by Gasteiger charge is -2.33. The van der Waals surface area contributed by atoms with E-state index in [1.54, 1.807) is 11.1 Å². The molecule has 0 atom stereocenters. The summed E-state index contributed by atoms with van der Waals surface area (Å²) in [6.45, 7) is 8.50. The highest BCUT2D eigenvalue weighted by atomic mass is 16.6. The van der Waals surface area contributed by atoms with E-state index in [0.29, 0.717) is 56.1 Å². The van der Waals surface area contributed by atoms with Crippen molar-refractivity contribution in [2.75, 3.05) is 41.0 Å². The monoisotopic (exact) mass is 506 g/mol. The molecule has 5 rings (SSSR count). The van der Waals surface area contributed by atoms with E-state index in [2.05, 4.69) is 9.88 Å². The average Bonchev–Trinajstić information content (AvgIpc) is 3.02. The number of carbonyl (C=O) groups excluding carboxylic acids is 3. The van der Waals surface area contributed by atoms with Gasteiger partial charge in [0.25, 0.3) is 0 Å². The van der Waals surface area contributed by atoms with Gasteiger partial charge in [-0.15, -0.1) is 0 Å². The lowest BCUT2D eigenvalue weighted by atomic mass is 9.87. The number of benzene rings is 1. The van der Waals surface area contributed by atoms with Crippen molar-refractivity contribution in [3.63, 3.8) is 0 Å². The summed E-state index contributed by atoms with van der Waals surface area (Å²) in [5.41, 5.74) is 2.18. The molecule has 1 saturated heterocycles. The first-order valence-electron chi connectivity index (χ1n) is 13.0. The predicted molar refractivity (Wildman–Crippen MR) is 140 cm³/mol. The summed E-state index contributed by atoms with van der Waals surface area (Å²) in [6, 6.07) is 9.52. The van der Waals surface area contributed by atoms with Crippen molar-refractivity contribution in [1.82, 2.24) is 4.98 Å². The molecule has 1 aromatic carbocycles. The van der Waals surface area contributed by atoms with Crippen LogP contribution in [0.25, 0.3) is 0 Å². The van der Waals surface area contributed by atoms with Crippen LogP contribution in [0.15, 0.2) is 36.5 Å². The quantitative estimate of drug-likeness (QED) is 0.588. The highest BCUT2D eigenvalue weighted by molar-refractivity contribution is 6.07. The fourth-order valence-electron chi connectivity index (χ4n) is 5.16. The fourth-order valence-corrected chi connectivity index (χ4v) is 5.16. The number of anilines is 4. The molecule has 0 N–H and O–H groups in total. The van der Waals surface area contributed by atoms with E-state index in [9.17, 15) is 14.4 Å². The van der Waals surface area contributed by atoms with Crippen LogP contribution < -0.4 is 14.7 Å². The van der Waals surface area contributed by atoms with Gasteiger partial charge in [0.2, 0.25) is 5.91 Å². The maximum absolute atomic E-state index is 14.0. The van der Waals surface area contributed by atoms with Gasteiger partial charge in [-0.1, -0.05) is 6.07 Å². The number of pyridine rings is 1. The molecule has 0 unspecified atom stereocenters. The van der Waals surface area contributed by atoms with Crippen molar-refractivity contribution in [2.45, 2.75) is 58.6 Å². The number of morpholine rings is 1. The second kappa shape index (κ2) is 10.1. The van der Waals surface area contributed by atoms with Crippen LogP contribution in [0.2, 0.25) is 0 Å². The van der Waals surface area contributed by atoms with E-state index in [1.807, 2.05) is 51.1 Å². The number of amides is 2. The Morgan fingerprint density at radius 3 is 2.49 bits per heavy atom. The van der Waals surface area contributed by atoms with Gasteiger partial charge in [-0.3, -0.25) is 9.59 Å². The molecule has 0 spiro atoms. The summed E-state index contributed by atoms with van der Waals surface area (Å²) in [5, 5.41) is 0. The molecule has 9 nitrogen and oxygen atoms in total. The maximum Gasteiger partial charge on any atom is 0.420 e. The van der Waals surface area contributed by atoms with Crippen LogP contribution in [0.1, 0.15) is 52.0 Å². The Bertz CT molecular complexity index is 1190. The van der Waals surface area contributed by atoms with E-state index in [1.165, 1.54) is 4.90 Å². The number of hydrogen-bond donors (Lipinski definition) is 0. The first kappa shape index (κ1) is 25.2. The molecular weight excluding hydrogens is 472 g/mol. The molecule has 1 saturated carbocycles. The second-order valence-electron chi connectivity index (χ2n) is 10.8. The summed E-state index contributed by atoms with van der Waals surface area (Å²) in [6.07, 6.45) is 3.03. The standard InChI is InChI=1S/C28H34N4O5/c1-28(2,3)37-27(35)32-23-11-8-21(30-13-15-36-16-14-30)17-24(23)31(18-20-5-4-12-29-25(20)32)26(34)19-6-9-22(33)10-7-19/h4-5,8,11-12,17,19H,6-7,9-10,13-16,18H2,1-3H3. The van der Waals surface area contributed by atoms with E-state index < -0.39 is 11.7 Å². The Hall–Kier alpha value is -3.46. The van der Waals surface area contributed by atoms with Crippen molar-refractivity contribution in [2.24, 2.45) is 5.92 Å². The van der Waals surface area contributed by atoms with Gasteiger partial charge in [0.1, 0.15) is 17.2 Å². The molecule has 2 aromatic rings. The number of Topliss-reactive ketones (excluding diaryl/α,β-unsaturated/α-hetero) is 1. The van der Waals surface area contributed by atoms with Gasteiger partial charge in [0, 0.05) is 49.3 Å². The highest BCUT2D eigenvalue weighted by Gasteiger charge is 2.38. The van der Waals surface area contributed by atoms with Crippen LogP contribution in [0.5, 0.6) is 0 Å². The molecule has 1 aliphatic carbocycles. The zero-order chi connectivity index (χ0) is 26.2. The Labute approximate surface area is 217 Å². The summed E-state index contributed by atoms with van der Waals surface area (Å²) < 4.78 is 11.3. The molecule has 3 heterocycles. The van der Waals surface area contributed by atoms with Crippen molar-refractivity contribution in [3.05, 3.63) is 42.1 Å². The average molecular weight is 507 g/mol. The topological polar surface area (TPSA) is 92.3 Å². The highest BCUT2D eigenvalue weighted by Crippen LogP contribution is 2.43. The molecule has 3 aliphatic rings. The van der Waals surface area contributed by atoms with Crippen molar-refractivity contribution in [3.8, 4) is 0 Å². The van der Waals surface area contributed by atoms with E-state index in [0.717, 1.165) is 24.3 Å². The number of hydrogen-bond acceptors (Lipinski definition) is 7. The summed E-state index contributed by atoms with van der Waals surface area (Å²) in [7, 11) is 0. The van der Waals surface area contributed by atoms with E-state index in [4.69, 9.17) is 9.47 Å². The van der Waals surface area contributed by atoms with Crippen LogP contribution in [-0.4, -0.2) is 54.7 Å². The molecular formula is C28H34N4O5. The molecule has 37 heavy (non-hydrogen) atoms. The number of rotatable bonds is 2. The molecule has 2 amide bonds. The Kier molecular flexibility index (Phi) is 6.90. The smallest absolute Gasteiger partial charge is 0.420 e. The van der Waals surface area contributed by atoms with Crippen LogP contribution in [0, 0.1) is 5.92 Å². The molecule has 1 aromatic heterocycles. The van der Waals surface area contributed by atoms with Gasteiger partial charge in [-0.25, -0.2) is 14.7 Å². The van der Waals surface area contributed by atoms with Gasteiger partial charge in [-0.05, 0) is 57.9 Å². The SMILES string of the molecule is CC(C)(C)OC(=O)N1c2ccc(N3CCOCC3)cc2N(C(=O)C2CCC(=O)CC2)Cc2cccnc21. The number of ketones is 1. The van der Waals surface area contributed by atoms with Gasteiger partial charge in [-0.2, -0.15) is 0 Å². The van der Waals surface area contributed by atoms with Crippen LogP contribution in [0.3, 0.4) is 0 Å². The molecule has 196 valence electrons. The summed E-state index contributed by atoms with van der Waals surface area (Å²) in [4.78, 5) is 49.5. The fraction of sp³-hybridized carbons (Fsp3) is 0.500. The minimum absolute atomic E-state index is 0.0336. The van der Waals surface area contributed by atoms with Crippen molar-refractivity contribution in [1.29, 1.82) is 0 Å². The molecule has 2 aliphatic heterocycles. The first-order valence-corrected chi connectivity index (χ1v) is 13.0. The Morgan fingerprint density at radius 2 is 1.78 bits per heavy atom. The van der Waals surface area contributed by atoms with Gasteiger partial charge in [0.05, 0.1) is 31.1 Å². The number of aromatic nitrogens is 1. The number of nitrogens with zero attached hydrogens (tertiary/aromatic N) is 4. The van der Waals surface area contributed by atoms with Crippen molar-refractivity contribution < 1.29 is 23.9 Å². The van der Waals surface area contributed by atoms with Crippen molar-refractivity contribution >= 4 is 40.7 Å². The largest absolute Gasteiger partial charge is 0.443 e. The number of carbonyl (C=O) groups is 3. The second-order valence-corrected chi connectivity index (χ2v) is 10.8. The third-order valence-corrected chi connectivity index (χ3v) is 7.01. The van der Waals surface area contributed by atoms with E-state index >= 15 is 0 Å². The third kappa shape index (κ3) is 5.32. The lowest BCUT2D eigenvalue weighted by Crippen LogP contribution is -2.39. The normalized spacial score (nSPS) is 18.7. The van der Waals surface area contributed by atoms with Crippen LogP contribution in [0.4, 0.5) is 27.7 Å².